The third-order valence-corrected chi connectivity index (χ3v) is 5.19. The van der Waals surface area contributed by atoms with Crippen molar-refractivity contribution in [2.45, 2.75) is 30.8 Å². The highest BCUT2D eigenvalue weighted by Crippen LogP contribution is 2.19. The molecule has 2 heterocycles. The van der Waals surface area contributed by atoms with Gasteiger partial charge in [-0.3, -0.25) is 4.98 Å². The van der Waals surface area contributed by atoms with E-state index >= 15 is 0 Å². The molecule has 1 aromatic rings. The average Bonchev–Trinajstić information content (AvgIpc) is 2.39. The number of likely N-dealkylation sites (N-methyl/N-ethyl adjacent to an activating group) is 1. The molecule has 0 spiro atoms. The second kappa shape index (κ2) is 5.29. The largest absolute Gasteiger partial charge is 0.315 e. The lowest BCUT2D eigenvalue weighted by atomic mass is 10.1. The summed E-state index contributed by atoms with van der Waals surface area (Å²) < 4.78 is 26.3. The summed E-state index contributed by atoms with van der Waals surface area (Å²) in [7, 11) is -1.94. The van der Waals surface area contributed by atoms with E-state index in [0.29, 0.717) is 12.2 Å². The SMILES string of the molecule is Cc1nccnc1S(=O)(=O)N(C)C1CCCNC1. The maximum absolute atomic E-state index is 12.4. The van der Waals surface area contributed by atoms with Gasteiger partial charge in [0.15, 0.2) is 5.03 Å². The summed E-state index contributed by atoms with van der Waals surface area (Å²) in [5.41, 5.74) is 0.438. The standard InChI is InChI=1S/C11H18N4O2S/c1-9-11(14-7-6-13-9)18(16,17)15(2)10-4-3-5-12-8-10/h6-7,10,12H,3-5,8H2,1-2H3. The Kier molecular flexibility index (Phi) is 3.94. The van der Waals surface area contributed by atoms with E-state index < -0.39 is 10.0 Å². The third kappa shape index (κ3) is 2.52. The highest BCUT2D eigenvalue weighted by atomic mass is 32.2. The lowest BCUT2D eigenvalue weighted by molar-refractivity contribution is 0.299. The number of sulfonamides is 1. The minimum Gasteiger partial charge on any atom is -0.315 e. The van der Waals surface area contributed by atoms with Crippen LogP contribution in [0.1, 0.15) is 18.5 Å². The van der Waals surface area contributed by atoms with Gasteiger partial charge in [-0.25, -0.2) is 13.4 Å². The van der Waals surface area contributed by atoms with Gasteiger partial charge in [-0.15, -0.1) is 0 Å². The number of aromatic nitrogens is 2. The van der Waals surface area contributed by atoms with Gasteiger partial charge in [0, 0.05) is 32.0 Å². The van der Waals surface area contributed by atoms with Gasteiger partial charge in [0.05, 0.1) is 5.69 Å². The number of nitrogens with one attached hydrogen (secondary N) is 1. The Hall–Kier alpha value is -1.05. The van der Waals surface area contributed by atoms with Crippen LogP contribution in [0.15, 0.2) is 17.4 Å². The molecule has 1 atom stereocenters. The molecule has 1 unspecified atom stereocenters. The van der Waals surface area contributed by atoms with Crippen molar-refractivity contribution in [3.05, 3.63) is 18.1 Å². The summed E-state index contributed by atoms with van der Waals surface area (Å²) in [4.78, 5) is 7.94. The zero-order valence-corrected chi connectivity index (χ0v) is 11.4. The fraction of sp³-hybridized carbons (Fsp3) is 0.636. The van der Waals surface area contributed by atoms with Crippen LogP contribution in [0.25, 0.3) is 0 Å². The Labute approximate surface area is 107 Å². The first-order chi connectivity index (χ1) is 8.53. The molecule has 0 radical (unpaired) electrons. The summed E-state index contributed by atoms with van der Waals surface area (Å²) in [5.74, 6) is 0. The van der Waals surface area contributed by atoms with E-state index in [4.69, 9.17) is 0 Å². The van der Waals surface area contributed by atoms with Crippen molar-refractivity contribution in [1.29, 1.82) is 0 Å². The van der Waals surface area contributed by atoms with Crippen molar-refractivity contribution >= 4 is 10.0 Å². The normalized spacial score (nSPS) is 21.2. The first-order valence-corrected chi connectivity index (χ1v) is 7.44. The van der Waals surface area contributed by atoms with Gasteiger partial charge in [0.1, 0.15) is 0 Å². The van der Waals surface area contributed by atoms with Crippen LogP contribution in [0.4, 0.5) is 0 Å². The number of hydrogen-bond acceptors (Lipinski definition) is 5. The molecular weight excluding hydrogens is 252 g/mol. The van der Waals surface area contributed by atoms with E-state index in [0.717, 1.165) is 19.4 Å². The second-order valence-corrected chi connectivity index (χ2v) is 6.38. The predicted octanol–water partition coefficient (Wildman–Crippen LogP) is 0.158. The number of rotatable bonds is 3. The molecule has 0 amide bonds. The Morgan fingerprint density at radius 3 is 2.72 bits per heavy atom. The van der Waals surface area contributed by atoms with Crippen LogP contribution in [-0.2, 0) is 10.0 Å². The third-order valence-electron chi connectivity index (χ3n) is 3.24. The molecule has 1 aromatic heterocycles. The fourth-order valence-electron chi connectivity index (χ4n) is 2.12. The Balaban J connectivity index is 2.28. The first-order valence-electron chi connectivity index (χ1n) is 6.00. The van der Waals surface area contributed by atoms with E-state index in [2.05, 4.69) is 15.3 Å². The monoisotopic (exact) mass is 270 g/mol. The van der Waals surface area contributed by atoms with Gasteiger partial charge in [0.25, 0.3) is 10.0 Å². The minimum absolute atomic E-state index is 0.00911. The Bertz CT molecular complexity index is 512. The quantitative estimate of drug-likeness (QED) is 0.846. The maximum Gasteiger partial charge on any atom is 0.262 e. The zero-order valence-electron chi connectivity index (χ0n) is 10.6. The molecule has 0 bridgehead atoms. The summed E-state index contributed by atoms with van der Waals surface area (Å²) in [6.07, 6.45) is 4.77. The van der Waals surface area contributed by atoms with Crippen LogP contribution < -0.4 is 5.32 Å². The maximum atomic E-state index is 12.4. The topological polar surface area (TPSA) is 75.2 Å². The molecule has 6 nitrogen and oxygen atoms in total. The van der Waals surface area contributed by atoms with E-state index in [1.54, 1.807) is 14.0 Å². The summed E-state index contributed by atoms with van der Waals surface area (Å²) >= 11 is 0. The van der Waals surface area contributed by atoms with Crippen LogP contribution in [-0.4, -0.2) is 48.9 Å². The molecular formula is C11H18N4O2S. The summed E-state index contributed by atoms with van der Waals surface area (Å²) in [6.45, 7) is 3.30. The molecule has 1 saturated heterocycles. The van der Waals surface area contributed by atoms with Crippen molar-refractivity contribution in [3.8, 4) is 0 Å². The summed E-state index contributed by atoms with van der Waals surface area (Å²) in [5, 5.41) is 3.27. The number of piperidine rings is 1. The molecule has 0 saturated carbocycles. The van der Waals surface area contributed by atoms with E-state index in [1.807, 2.05) is 0 Å². The van der Waals surface area contributed by atoms with E-state index in [-0.39, 0.29) is 11.1 Å². The van der Waals surface area contributed by atoms with Gasteiger partial charge >= 0.3 is 0 Å². The molecule has 1 aliphatic heterocycles. The van der Waals surface area contributed by atoms with Crippen LogP contribution >= 0.6 is 0 Å². The molecule has 0 aliphatic carbocycles. The van der Waals surface area contributed by atoms with Crippen LogP contribution in [0, 0.1) is 6.92 Å². The fourth-order valence-corrected chi connectivity index (χ4v) is 3.59. The van der Waals surface area contributed by atoms with Gasteiger partial charge < -0.3 is 5.32 Å². The minimum atomic E-state index is -3.55. The molecule has 1 fully saturated rings. The molecule has 1 N–H and O–H groups in total. The highest BCUT2D eigenvalue weighted by Gasteiger charge is 2.31. The molecule has 18 heavy (non-hydrogen) atoms. The molecule has 0 aromatic carbocycles. The molecule has 1 aliphatic rings. The van der Waals surface area contributed by atoms with E-state index in [1.165, 1.54) is 16.7 Å². The zero-order chi connectivity index (χ0) is 13.2. The van der Waals surface area contributed by atoms with Gasteiger partial charge in [-0.05, 0) is 26.3 Å². The van der Waals surface area contributed by atoms with E-state index in [9.17, 15) is 8.42 Å². The van der Waals surface area contributed by atoms with Gasteiger partial charge in [-0.2, -0.15) is 4.31 Å². The van der Waals surface area contributed by atoms with Crippen LogP contribution in [0.3, 0.4) is 0 Å². The molecule has 100 valence electrons. The lowest BCUT2D eigenvalue weighted by Crippen LogP contribution is -2.46. The Morgan fingerprint density at radius 1 is 1.39 bits per heavy atom. The predicted molar refractivity (Wildman–Crippen MR) is 67.6 cm³/mol. The average molecular weight is 270 g/mol. The highest BCUT2D eigenvalue weighted by molar-refractivity contribution is 7.89. The smallest absolute Gasteiger partial charge is 0.262 e. The number of nitrogens with zero attached hydrogens (tertiary/aromatic N) is 3. The van der Waals surface area contributed by atoms with Gasteiger partial charge in [0.2, 0.25) is 0 Å². The van der Waals surface area contributed by atoms with Crippen LogP contribution in [0.5, 0.6) is 0 Å². The van der Waals surface area contributed by atoms with Crippen molar-refractivity contribution < 1.29 is 8.42 Å². The van der Waals surface area contributed by atoms with Crippen LogP contribution in [0.2, 0.25) is 0 Å². The van der Waals surface area contributed by atoms with Crippen molar-refractivity contribution in [1.82, 2.24) is 19.6 Å². The summed E-state index contributed by atoms with van der Waals surface area (Å²) in [6, 6.07) is -0.00911. The molecule has 2 rings (SSSR count). The first kappa shape index (κ1) is 13.4. The van der Waals surface area contributed by atoms with Crippen molar-refractivity contribution in [2.75, 3.05) is 20.1 Å². The number of aryl methyl sites for hydroxylation is 1. The second-order valence-electron chi connectivity index (χ2n) is 4.47. The lowest BCUT2D eigenvalue weighted by Gasteiger charge is -2.30. The number of hydrogen-bond donors (Lipinski definition) is 1. The van der Waals surface area contributed by atoms with Gasteiger partial charge in [-0.1, -0.05) is 0 Å². The Morgan fingerprint density at radius 2 is 2.11 bits per heavy atom. The van der Waals surface area contributed by atoms with Crippen molar-refractivity contribution in [3.63, 3.8) is 0 Å². The molecule has 7 heteroatoms. The van der Waals surface area contributed by atoms with Crippen molar-refractivity contribution in [2.24, 2.45) is 0 Å².